The van der Waals surface area contributed by atoms with Crippen molar-refractivity contribution in [2.75, 3.05) is 7.11 Å². The lowest BCUT2D eigenvalue weighted by Crippen LogP contribution is -2.31. The SMILES string of the molecule is COc1ccc(C(C)NC(=O)C(C)c2ccc(-c3ccccc3)c(F)c2)nc1. The molecule has 4 nitrogen and oxygen atoms in total. The van der Waals surface area contributed by atoms with Crippen molar-refractivity contribution >= 4 is 5.91 Å². The number of hydrogen-bond acceptors (Lipinski definition) is 3. The van der Waals surface area contributed by atoms with Crippen LogP contribution in [0.25, 0.3) is 11.1 Å². The molecule has 0 aliphatic rings. The Balaban J connectivity index is 1.71. The molecule has 0 aliphatic heterocycles. The Bertz CT molecular complexity index is 943. The molecule has 5 heteroatoms. The van der Waals surface area contributed by atoms with E-state index >= 15 is 0 Å². The first-order valence-electron chi connectivity index (χ1n) is 9.14. The van der Waals surface area contributed by atoms with Gasteiger partial charge in [-0.1, -0.05) is 42.5 Å². The van der Waals surface area contributed by atoms with Gasteiger partial charge in [0, 0.05) is 5.56 Å². The van der Waals surface area contributed by atoms with Gasteiger partial charge in [-0.2, -0.15) is 0 Å². The highest BCUT2D eigenvalue weighted by Crippen LogP contribution is 2.26. The van der Waals surface area contributed by atoms with Crippen LogP contribution in [0.15, 0.2) is 66.9 Å². The third-order valence-corrected chi connectivity index (χ3v) is 4.77. The van der Waals surface area contributed by atoms with Crippen LogP contribution in [-0.4, -0.2) is 18.0 Å². The second-order valence-corrected chi connectivity index (χ2v) is 6.68. The van der Waals surface area contributed by atoms with Gasteiger partial charge in [0.05, 0.1) is 31.0 Å². The van der Waals surface area contributed by atoms with Crippen LogP contribution in [0.4, 0.5) is 4.39 Å². The molecule has 0 spiro atoms. The van der Waals surface area contributed by atoms with E-state index in [0.717, 1.165) is 11.3 Å². The largest absolute Gasteiger partial charge is 0.495 e. The van der Waals surface area contributed by atoms with Crippen LogP contribution in [0, 0.1) is 5.82 Å². The Hall–Kier alpha value is -3.21. The van der Waals surface area contributed by atoms with Crippen LogP contribution in [0.5, 0.6) is 5.75 Å². The van der Waals surface area contributed by atoms with E-state index in [9.17, 15) is 9.18 Å². The quantitative estimate of drug-likeness (QED) is 0.665. The van der Waals surface area contributed by atoms with Gasteiger partial charge in [0.2, 0.25) is 5.91 Å². The summed E-state index contributed by atoms with van der Waals surface area (Å²) < 4.78 is 19.7. The summed E-state index contributed by atoms with van der Waals surface area (Å²) in [6, 6.07) is 17.6. The van der Waals surface area contributed by atoms with Gasteiger partial charge in [-0.05, 0) is 43.2 Å². The molecule has 1 heterocycles. The number of aromatic nitrogens is 1. The maximum Gasteiger partial charge on any atom is 0.227 e. The molecule has 144 valence electrons. The lowest BCUT2D eigenvalue weighted by Gasteiger charge is -2.18. The first-order valence-corrected chi connectivity index (χ1v) is 9.14. The molecule has 0 fully saturated rings. The zero-order chi connectivity index (χ0) is 20.1. The summed E-state index contributed by atoms with van der Waals surface area (Å²) in [5, 5.41) is 2.93. The molecular formula is C23H23FN2O2. The van der Waals surface area contributed by atoms with E-state index in [1.807, 2.05) is 43.3 Å². The third kappa shape index (κ3) is 4.36. The molecular weight excluding hydrogens is 355 g/mol. The summed E-state index contributed by atoms with van der Waals surface area (Å²) in [7, 11) is 1.58. The third-order valence-electron chi connectivity index (χ3n) is 4.77. The Kier molecular flexibility index (Phi) is 6.04. The van der Waals surface area contributed by atoms with Gasteiger partial charge in [0.25, 0.3) is 0 Å². The fourth-order valence-corrected chi connectivity index (χ4v) is 2.98. The summed E-state index contributed by atoms with van der Waals surface area (Å²) in [4.78, 5) is 16.9. The average molecular weight is 378 g/mol. The fourth-order valence-electron chi connectivity index (χ4n) is 2.98. The summed E-state index contributed by atoms with van der Waals surface area (Å²) in [5.74, 6) is -0.352. The molecule has 2 unspecified atom stereocenters. The number of benzene rings is 2. The van der Waals surface area contributed by atoms with E-state index in [2.05, 4.69) is 10.3 Å². The summed E-state index contributed by atoms with van der Waals surface area (Å²) >= 11 is 0. The highest BCUT2D eigenvalue weighted by atomic mass is 19.1. The van der Waals surface area contributed by atoms with E-state index in [0.29, 0.717) is 16.9 Å². The fraction of sp³-hybridized carbons (Fsp3) is 0.217. The van der Waals surface area contributed by atoms with Crippen LogP contribution >= 0.6 is 0 Å². The number of rotatable bonds is 6. The zero-order valence-corrected chi connectivity index (χ0v) is 16.1. The molecule has 1 amide bonds. The van der Waals surface area contributed by atoms with Crippen LogP contribution in [-0.2, 0) is 4.79 Å². The van der Waals surface area contributed by atoms with Crippen LogP contribution in [0.2, 0.25) is 0 Å². The molecule has 3 aromatic rings. The topological polar surface area (TPSA) is 51.2 Å². The predicted molar refractivity (Wildman–Crippen MR) is 108 cm³/mol. The van der Waals surface area contributed by atoms with Crippen molar-refractivity contribution in [3.8, 4) is 16.9 Å². The van der Waals surface area contributed by atoms with Crippen LogP contribution in [0.3, 0.4) is 0 Å². The number of pyridine rings is 1. The molecule has 0 saturated carbocycles. The van der Waals surface area contributed by atoms with E-state index in [4.69, 9.17) is 4.74 Å². The van der Waals surface area contributed by atoms with Gasteiger partial charge in [-0.15, -0.1) is 0 Å². The Morgan fingerprint density at radius 2 is 1.82 bits per heavy atom. The maximum absolute atomic E-state index is 14.6. The normalized spacial score (nSPS) is 12.9. The number of nitrogens with one attached hydrogen (secondary N) is 1. The highest BCUT2D eigenvalue weighted by molar-refractivity contribution is 5.83. The van der Waals surface area contributed by atoms with Crippen LogP contribution in [0.1, 0.15) is 37.1 Å². The maximum atomic E-state index is 14.6. The number of methoxy groups -OCH3 is 1. The molecule has 2 atom stereocenters. The molecule has 0 aliphatic carbocycles. The highest BCUT2D eigenvalue weighted by Gasteiger charge is 2.20. The molecule has 28 heavy (non-hydrogen) atoms. The van der Waals surface area contributed by atoms with Gasteiger partial charge >= 0.3 is 0 Å². The minimum absolute atomic E-state index is 0.183. The molecule has 0 radical (unpaired) electrons. The number of halogens is 1. The first-order chi connectivity index (χ1) is 13.5. The number of carbonyl (C=O) groups is 1. The second-order valence-electron chi connectivity index (χ2n) is 6.68. The van der Waals surface area contributed by atoms with E-state index in [-0.39, 0.29) is 17.8 Å². The summed E-state index contributed by atoms with van der Waals surface area (Å²) in [6.07, 6.45) is 1.61. The van der Waals surface area contributed by atoms with Crippen molar-refractivity contribution in [1.82, 2.24) is 10.3 Å². The van der Waals surface area contributed by atoms with E-state index in [1.54, 1.807) is 38.4 Å². The Labute approximate surface area is 164 Å². The van der Waals surface area contributed by atoms with Gasteiger partial charge in [-0.25, -0.2) is 4.39 Å². The van der Waals surface area contributed by atoms with Gasteiger partial charge < -0.3 is 10.1 Å². The summed E-state index contributed by atoms with van der Waals surface area (Å²) in [5.41, 5.74) is 2.69. The standard InChI is InChI=1S/C23H23FN2O2/c1-15(23(27)26-16(2)22-12-10-19(28-3)14-25-22)18-9-11-20(21(24)13-18)17-7-5-4-6-8-17/h4-16H,1-3H3,(H,26,27). The minimum Gasteiger partial charge on any atom is -0.495 e. The predicted octanol–water partition coefficient (Wildman–Crippen LogP) is 4.88. The number of ether oxygens (including phenoxy) is 1. The number of hydrogen-bond donors (Lipinski definition) is 1. The average Bonchev–Trinajstić information content (AvgIpc) is 2.73. The van der Waals surface area contributed by atoms with Gasteiger partial charge in [0.15, 0.2) is 0 Å². The monoisotopic (exact) mass is 378 g/mol. The van der Waals surface area contributed by atoms with Crippen molar-refractivity contribution in [3.05, 3.63) is 83.9 Å². The summed E-state index contributed by atoms with van der Waals surface area (Å²) in [6.45, 7) is 3.62. The van der Waals surface area contributed by atoms with Crippen molar-refractivity contribution in [2.45, 2.75) is 25.8 Å². The molecule has 1 N–H and O–H groups in total. The lowest BCUT2D eigenvalue weighted by molar-refractivity contribution is -0.122. The lowest BCUT2D eigenvalue weighted by atomic mass is 9.96. The van der Waals surface area contributed by atoms with Crippen molar-refractivity contribution in [2.24, 2.45) is 0 Å². The molecule has 2 aromatic carbocycles. The van der Waals surface area contributed by atoms with Crippen molar-refractivity contribution in [3.63, 3.8) is 0 Å². The number of amides is 1. The van der Waals surface area contributed by atoms with Crippen LogP contribution < -0.4 is 10.1 Å². The van der Waals surface area contributed by atoms with Crippen molar-refractivity contribution in [1.29, 1.82) is 0 Å². The first kappa shape index (κ1) is 19.5. The number of nitrogens with zero attached hydrogens (tertiary/aromatic N) is 1. The Morgan fingerprint density at radius 1 is 1.07 bits per heavy atom. The molecule has 1 aromatic heterocycles. The molecule has 3 rings (SSSR count). The molecule has 0 saturated heterocycles. The second kappa shape index (κ2) is 8.65. The number of carbonyl (C=O) groups excluding carboxylic acids is 1. The smallest absolute Gasteiger partial charge is 0.227 e. The molecule has 0 bridgehead atoms. The van der Waals surface area contributed by atoms with Gasteiger partial charge in [-0.3, -0.25) is 9.78 Å². The zero-order valence-electron chi connectivity index (χ0n) is 16.1. The van der Waals surface area contributed by atoms with Gasteiger partial charge in [0.1, 0.15) is 11.6 Å². The minimum atomic E-state index is -0.486. The van der Waals surface area contributed by atoms with Crippen molar-refractivity contribution < 1.29 is 13.9 Å². The van der Waals surface area contributed by atoms with E-state index < -0.39 is 5.92 Å². The Morgan fingerprint density at radius 3 is 2.43 bits per heavy atom. The van der Waals surface area contributed by atoms with E-state index in [1.165, 1.54) is 6.07 Å².